The van der Waals surface area contributed by atoms with Gasteiger partial charge in [0, 0.05) is 28.7 Å². The molecule has 1 unspecified atom stereocenters. The van der Waals surface area contributed by atoms with Crippen molar-refractivity contribution in [2.45, 2.75) is 123 Å². The van der Waals surface area contributed by atoms with Crippen molar-refractivity contribution in [2.24, 2.45) is 0 Å². The Morgan fingerprint density at radius 1 is 0.720 bits per heavy atom. The van der Waals surface area contributed by atoms with Crippen LogP contribution >= 0.6 is 0 Å². The van der Waals surface area contributed by atoms with Gasteiger partial charge in [0.25, 0.3) is 0 Å². The van der Waals surface area contributed by atoms with Crippen molar-refractivity contribution in [1.29, 1.82) is 0 Å². The maximum absolute atomic E-state index is 10.6. The lowest BCUT2D eigenvalue weighted by Gasteiger charge is -2.54. The Kier molecular flexibility index (Phi) is 6.47. The molecule has 0 aromatic heterocycles. The van der Waals surface area contributed by atoms with Gasteiger partial charge in [-0.15, -0.1) is 0 Å². The lowest BCUT2D eigenvalue weighted by molar-refractivity contribution is -0.254. The van der Waals surface area contributed by atoms with Crippen molar-refractivity contribution in [3.63, 3.8) is 0 Å². The van der Waals surface area contributed by atoms with Gasteiger partial charge < -0.3 is 10.4 Å². The van der Waals surface area contributed by atoms with E-state index in [1.54, 1.807) is 5.06 Å². The smallest absolute Gasteiger partial charge is 0.0565 e. The first-order valence-electron chi connectivity index (χ1n) is 9.83. The zero-order valence-electron chi connectivity index (χ0n) is 18.5. The van der Waals surface area contributed by atoms with Crippen molar-refractivity contribution in [2.75, 3.05) is 7.05 Å². The Morgan fingerprint density at radius 2 is 1.08 bits per heavy atom. The van der Waals surface area contributed by atoms with Crippen LogP contribution in [0.3, 0.4) is 0 Å². The summed E-state index contributed by atoms with van der Waals surface area (Å²) in [5, 5.41) is 24.2. The fraction of sp³-hybridized carbons (Fsp3) is 1.00. The molecule has 2 heterocycles. The molecule has 2 rings (SSSR count). The average molecular weight is 358 g/mol. The number of rotatable bonds is 2. The summed E-state index contributed by atoms with van der Waals surface area (Å²) < 4.78 is 0. The minimum absolute atomic E-state index is 0.217. The van der Waals surface area contributed by atoms with Crippen LogP contribution in [0, 0.1) is 0 Å². The van der Waals surface area contributed by atoms with Crippen LogP contribution in [0.4, 0.5) is 0 Å². The Bertz CT molecular complexity index is 442. The summed E-state index contributed by atoms with van der Waals surface area (Å²) in [6.07, 6.45) is 2.77. The molecule has 2 fully saturated rings. The van der Waals surface area contributed by atoms with E-state index in [0.717, 1.165) is 19.3 Å². The first-order valence-corrected chi connectivity index (χ1v) is 9.83. The number of nitrogens with zero attached hydrogens (tertiary/aromatic N) is 3. The van der Waals surface area contributed by atoms with Gasteiger partial charge in [0.2, 0.25) is 0 Å². The quantitative estimate of drug-likeness (QED) is 0.768. The third-order valence-corrected chi connectivity index (χ3v) is 6.31. The molecule has 2 aliphatic heterocycles. The zero-order chi connectivity index (χ0) is 20.0. The molecule has 2 saturated heterocycles. The van der Waals surface area contributed by atoms with E-state index in [2.05, 4.69) is 67.3 Å². The lowest BCUT2D eigenvalue weighted by atomic mass is 9.77. The molecular weight excluding hydrogens is 314 g/mol. The van der Waals surface area contributed by atoms with Crippen LogP contribution in [0.5, 0.6) is 0 Å². The monoisotopic (exact) mass is 357 g/mol. The Balaban J connectivity index is 0.00000151. The van der Waals surface area contributed by atoms with Crippen LogP contribution in [-0.4, -0.2) is 66.7 Å². The molecule has 0 aromatic carbocycles. The van der Waals surface area contributed by atoms with Gasteiger partial charge in [0.15, 0.2) is 0 Å². The van der Waals surface area contributed by atoms with Crippen molar-refractivity contribution < 1.29 is 10.4 Å². The SMILES string of the molecule is CC.CN(C1CC(C)(C)N(O)C(C)(C)C1)C1CC(C)(C)N(O)C1(C)C. The normalized spacial score (nSPS) is 31.7. The molecule has 150 valence electrons. The summed E-state index contributed by atoms with van der Waals surface area (Å²) in [6.45, 7) is 20.9. The highest BCUT2D eigenvalue weighted by Gasteiger charge is 2.55. The summed E-state index contributed by atoms with van der Waals surface area (Å²) in [5.41, 5.74) is -1.01. The number of likely N-dealkylation sites (N-methyl/N-ethyl adjacent to an activating group) is 1. The zero-order valence-corrected chi connectivity index (χ0v) is 18.5. The van der Waals surface area contributed by atoms with Crippen molar-refractivity contribution >= 4 is 0 Å². The summed E-state index contributed by atoms with van der Waals surface area (Å²) in [5.74, 6) is 0. The van der Waals surface area contributed by atoms with E-state index >= 15 is 0 Å². The van der Waals surface area contributed by atoms with Gasteiger partial charge in [-0.2, -0.15) is 10.1 Å². The van der Waals surface area contributed by atoms with Crippen LogP contribution in [-0.2, 0) is 0 Å². The largest absolute Gasteiger partial charge is 0.313 e. The molecule has 2 aliphatic rings. The third kappa shape index (κ3) is 4.06. The Labute approximate surface area is 155 Å². The first kappa shape index (κ1) is 22.8. The van der Waals surface area contributed by atoms with Gasteiger partial charge in [-0.3, -0.25) is 4.90 Å². The lowest BCUT2D eigenvalue weighted by Crippen LogP contribution is -2.64. The predicted octanol–water partition coefficient (Wildman–Crippen LogP) is 4.38. The van der Waals surface area contributed by atoms with Gasteiger partial charge in [0.05, 0.1) is 5.54 Å². The maximum Gasteiger partial charge on any atom is 0.0565 e. The number of hydroxylamine groups is 4. The van der Waals surface area contributed by atoms with E-state index < -0.39 is 0 Å². The maximum atomic E-state index is 10.6. The van der Waals surface area contributed by atoms with E-state index in [0.29, 0.717) is 6.04 Å². The van der Waals surface area contributed by atoms with Gasteiger partial charge in [-0.25, -0.2) is 0 Å². The Hall–Kier alpha value is -0.200. The fourth-order valence-corrected chi connectivity index (χ4v) is 5.13. The van der Waals surface area contributed by atoms with E-state index in [9.17, 15) is 10.4 Å². The molecule has 25 heavy (non-hydrogen) atoms. The minimum atomic E-state index is -0.289. The number of hydrogen-bond acceptors (Lipinski definition) is 5. The fourth-order valence-electron chi connectivity index (χ4n) is 5.13. The van der Waals surface area contributed by atoms with Crippen molar-refractivity contribution in [3.8, 4) is 0 Å². The van der Waals surface area contributed by atoms with Crippen LogP contribution in [0.15, 0.2) is 0 Å². The molecule has 0 aromatic rings. The molecule has 1 atom stereocenters. The summed E-state index contributed by atoms with van der Waals surface area (Å²) in [4.78, 5) is 2.45. The molecule has 0 aliphatic carbocycles. The first-order chi connectivity index (χ1) is 11.1. The average Bonchev–Trinajstić information content (AvgIpc) is 2.65. The summed E-state index contributed by atoms with van der Waals surface area (Å²) in [7, 11) is 2.19. The van der Waals surface area contributed by atoms with Crippen LogP contribution < -0.4 is 0 Å². The van der Waals surface area contributed by atoms with E-state index in [-0.39, 0.29) is 28.2 Å². The highest BCUT2D eigenvalue weighted by atomic mass is 16.5. The molecule has 2 N–H and O–H groups in total. The topological polar surface area (TPSA) is 50.2 Å². The Morgan fingerprint density at radius 3 is 1.40 bits per heavy atom. The van der Waals surface area contributed by atoms with Crippen molar-refractivity contribution in [1.82, 2.24) is 15.0 Å². The molecule has 0 saturated carbocycles. The second kappa shape index (κ2) is 7.08. The third-order valence-electron chi connectivity index (χ3n) is 6.31. The van der Waals surface area contributed by atoms with Crippen molar-refractivity contribution in [3.05, 3.63) is 0 Å². The van der Waals surface area contributed by atoms with Gasteiger partial charge >= 0.3 is 0 Å². The summed E-state index contributed by atoms with van der Waals surface area (Å²) >= 11 is 0. The number of piperidine rings is 1. The molecule has 0 spiro atoms. The summed E-state index contributed by atoms with van der Waals surface area (Å²) in [6, 6.07) is 0.666. The standard InChI is InChI=1S/C18H37N3O2.C2H6/c1-15(2)10-13(11-16(3,4)20(15)22)19(9)14-12-17(5,6)21(23)18(14,7)8;1-2/h13-14,22-23H,10-12H2,1-9H3;1-2H3. The molecule has 5 nitrogen and oxygen atoms in total. The highest BCUT2D eigenvalue weighted by Crippen LogP contribution is 2.45. The van der Waals surface area contributed by atoms with Crippen LogP contribution in [0.2, 0.25) is 0 Å². The molecular formula is C20H43N3O2. The molecule has 0 bridgehead atoms. The second-order valence-electron chi connectivity index (χ2n) is 10.2. The second-order valence-corrected chi connectivity index (χ2v) is 10.2. The van der Waals surface area contributed by atoms with E-state index in [1.165, 1.54) is 5.06 Å². The van der Waals surface area contributed by atoms with E-state index in [1.807, 2.05) is 13.8 Å². The molecule has 5 heteroatoms. The minimum Gasteiger partial charge on any atom is -0.313 e. The van der Waals surface area contributed by atoms with E-state index in [4.69, 9.17) is 0 Å². The predicted molar refractivity (Wildman–Crippen MR) is 104 cm³/mol. The number of hydrogen-bond donors (Lipinski definition) is 2. The van der Waals surface area contributed by atoms with Crippen LogP contribution in [0.1, 0.15) is 88.5 Å². The highest BCUT2D eigenvalue weighted by molar-refractivity contribution is 5.09. The van der Waals surface area contributed by atoms with Crippen LogP contribution in [0.25, 0.3) is 0 Å². The van der Waals surface area contributed by atoms with Gasteiger partial charge in [-0.1, -0.05) is 13.8 Å². The van der Waals surface area contributed by atoms with Gasteiger partial charge in [-0.05, 0) is 81.7 Å². The molecule has 0 amide bonds. The molecule has 0 radical (unpaired) electrons. The van der Waals surface area contributed by atoms with Gasteiger partial charge in [0.1, 0.15) is 0 Å².